The lowest BCUT2D eigenvalue weighted by Gasteiger charge is -2.13. The molecule has 0 aliphatic rings. The van der Waals surface area contributed by atoms with Crippen molar-refractivity contribution < 1.29 is 13.9 Å². The summed E-state index contributed by atoms with van der Waals surface area (Å²) in [6.45, 7) is 6.51. The lowest BCUT2D eigenvalue weighted by molar-refractivity contribution is 0.235. The first-order chi connectivity index (χ1) is 10.6. The third kappa shape index (κ3) is 4.25. The van der Waals surface area contributed by atoms with Gasteiger partial charge in [0.15, 0.2) is 0 Å². The average molecular weight is 303 g/mol. The number of nitrogens with one attached hydrogen (secondary N) is 2. The topological polar surface area (TPSA) is 76.4 Å². The number of carbonyl (C=O) groups is 1. The van der Waals surface area contributed by atoms with E-state index < -0.39 is 0 Å². The number of nitrogens with zero attached hydrogens (tertiary/aromatic N) is 1. The van der Waals surface area contributed by atoms with Crippen molar-refractivity contribution in [3.8, 4) is 5.88 Å². The number of hydrogen-bond acceptors (Lipinski definition) is 4. The van der Waals surface area contributed by atoms with Crippen LogP contribution in [-0.2, 0) is 6.54 Å². The van der Waals surface area contributed by atoms with Gasteiger partial charge in [0, 0.05) is 18.3 Å². The van der Waals surface area contributed by atoms with E-state index in [-0.39, 0.29) is 12.1 Å². The van der Waals surface area contributed by atoms with Gasteiger partial charge in [-0.25, -0.2) is 9.78 Å². The number of ether oxygens (including phenoxy) is 1. The maximum atomic E-state index is 12.0. The van der Waals surface area contributed by atoms with Crippen molar-refractivity contribution in [3.63, 3.8) is 0 Å². The van der Waals surface area contributed by atoms with Crippen LogP contribution in [0.4, 0.5) is 4.79 Å². The van der Waals surface area contributed by atoms with Crippen molar-refractivity contribution in [1.29, 1.82) is 0 Å². The van der Waals surface area contributed by atoms with E-state index in [4.69, 9.17) is 9.15 Å². The van der Waals surface area contributed by atoms with Gasteiger partial charge >= 0.3 is 6.03 Å². The van der Waals surface area contributed by atoms with Crippen LogP contribution in [0.3, 0.4) is 0 Å². The summed E-state index contributed by atoms with van der Waals surface area (Å²) in [4.78, 5) is 16.1. The van der Waals surface area contributed by atoms with Crippen LogP contribution in [-0.4, -0.2) is 17.6 Å². The molecular formula is C16H21N3O3. The highest BCUT2D eigenvalue weighted by atomic mass is 16.5. The second kappa shape index (κ2) is 7.49. The minimum absolute atomic E-state index is 0.200. The Morgan fingerprint density at radius 1 is 1.41 bits per heavy atom. The van der Waals surface area contributed by atoms with Crippen LogP contribution in [0.1, 0.15) is 37.0 Å². The van der Waals surface area contributed by atoms with Crippen molar-refractivity contribution >= 4 is 6.03 Å². The molecule has 0 fully saturated rings. The van der Waals surface area contributed by atoms with Crippen LogP contribution in [0.25, 0.3) is 0 Å². The Morgan fingerprint density at radius 3 is 2.91 bits per heavy atom. The molecule has 1 unspecified atom stereocenters. The zero-order valence-corrected chi connectivity index (χ0v) is 13.1. The summed E-state index contributed by atoms with van der Waals surface area (Å²) in [6.07, 6.45) is 1.66. The Balaban J connectivity index is 1.88. The highest BCUT2D eigenvalue weighted by molar-refractivity contribution is 5.74. The SMILES string of the molecule is CCOc1ncccc1CNC(=O)NC(C)c1ccc(C)o1. The monoisotopic (exact) mass is 303 g/mol. The lowest BCUT2D eigenvalue weighted by atomic mass is 10.2. The summed E-state index contributed by atoms with van der Waals surface area (Å²) in [5.74, 6) is 2.09. The molecule has 6 heteroatoms. The van der Waals surface area contributed by atoms with Crippen LogP contribution in [0, 0.1) is 6.92 Å². The molecule has 0 radical (unpaired) electrons. The largest absolute Gasteiger partial charge is 0.478 e. The van der Waals surface area contributed by atoms with Crippen molar-refractivity contribution in [1.82, 2.24) is 15.6 Å². The quantitative estimate of drug-likeness (QED) is 0.860. The van der Waals surface area contributed by atoms with Gasteiger partial charge in [0.2, 0.25) is 5.88 Å². The second-order valence-corrected chi connectivity index (χ2v) is 4.90. The molecule has 0 saturated carbocycles. The van der Waals surface area contributed by atoms with Crippen molar-refractivity contribution in [2.75, 3.05) is 6.61 Å². The molecule has 1 atom stereocenters. The number of hydrogen-bond donors (Lipinski definition) is 2. The van der Waals surface area contributed by atoms with Crippen LogP contribution in [0.15, 0.2) is 34.9 Å². The number of rotatable bonds is 6. The maximum Gasteiger partial charge on any atom is 0.315 e. The van der Waals surface area contributed by atoms with Crippen LogP contribution in [0.2, 0.25) is 0 Å². The summed E-state index contributed by atoms with van der Waals surface area (Å²) >= 11 is 0. The van der Waals surface area contributed by atoms with E-state index in [9.17, 15) is 4.79 Å². The molecular weight excluding hydrogens is 282 g/mol. The summed E-state index contributed by atoms with van der Waals surface area (Å²) in [5.41, 5.74) is 0.834. The number of carbonyl (C=O) groups excluding carboxylic acids is 1. The summed E-state index contributed by atoms with van der Waals surface area (Å²) < 4.78 is 10.9. The highest BCUT2D eigenvalue weighted by Crippen LogP contribution is 2.16. The molecule has 2 amide bonds. The van der Waals surface area contributed by atoms with E-state index >= 15 is 0 Å². The van der Waals surface area contributed by atoms with Gasteiger partial charge in [-0.15, -0.1) is 0 Å². The summed E-state index contributed by atoms with van der Waals surface area (Å²) in [6, 6.07) is 6.94. The van der Waals surface area contributed by atoms with Crippen LogP contribution < -0.4 is 15.4 Å². The third-order valence-corrected chi connectivity index (χ3v) is 3.11. The normalized spacial score (nSPS) is 11.8. The summed E-state index contributed by atoms with van der Waals surface area (Å²) in [7, 11) is 0. The molecule has 22 heavy (non-hydrogen) atoms. The molecule has 0 aliphatic heterocycles. The van der Waals surface area contributed by atoms with E-state index in [1.807, 2.05) is 45.0 Å². The Bertz CT molecular complexity index is 625. The minimum Gasteiger partial charge on any atom is -0.478 e. The number of urea groups is 1. The number of aromatic nitrogens is 1. The Morgan fingerprint density at radius 2 is 2.23 bits per heavy atom. The molecule has 0 bridgehead atoms. The van der Waals surface area contributed by atoms with Gasteiger partial charge in [0.1, 0.15) is 11.5 Å². The minimum atomic E-state index is -0.271. The molecule has 0 aliphatic carbocycles. The first-order valence-electron chi connectivity index (χ1n) is 7.27. The Labute approximate surface area is 129 Å². The van der Waals surface area contributed by atoms with Gasteiger partial charge in [-0.1, -0.05) is 6.07 Å². The van der Waals surface area contributed by atoms with E-state index in [1.165, 1.54) is 0 Å². The molecule has 2 aromatic rings. The van der Waals surface area contributed by atoms with Crippen molar-refractivity contribution in [3.05, 3.63) is 47.5 Å². The van der Waals surface area contributed by atoms with Gasteiger partial charge in [-0.3, -0.25) is 0 Å². The lowest BCUT2D eigenvalue weighted by Crippen LogP contribution is -2.36. The van der Waals surface area contributed by atoms with Crippen molar-refractivity contribution in [2.45, 2.75) is 33.4 Å². The van der Waals surface area contributed by atoms with Gasteiger partial charge in [-0.2, -0.15) is 0 Å². The molecule has 6 nitrogen and oxygen atoms in total. The van der Waals surface area contributed by atoms with Gasteiger partial charge in [-0.05, 0) is 39.0 Å². The zero-order chi connectivity index (χ0) is 15.9. The molecule has 2 rings (SSSR count). The van der Waals surface area contributed by atoms with Gasteiger partial charge in [0.05, 0.1) is 12.6 Å². The van der Waals surface area contributed by atoms with Gasteiger partial charge < -0.3 is 19.8 Å². The van der Waals surface area contributed by atoms with E-state index in [0.717, 1.165) is 17.1 Å². The second-order valence-electron chi connectivity index (χ2n) is 4.90. The summed E-state index contributed by atoms with van der Waals surface area (Å²) in [5, 5.41) is 5.62. The Hall–Kier alpha value is -2.50. The molecule has 0 saturated heterocycles. The number of furan rings is 1. The predicted octanol–water partition coefficient (Wildman–Crippen LogP) is 2.94. The fourth-order valence-corrected chi connectivity index (χ4v) is 2.01. The maximum absolute atomic E-state index is 12.0. The fraction of sp³-hybridized carbons (Fsp3) is 0.375. The number of amides is 2. The van der Waals surface area contributed by atoms with Crippen molar-refractivity contribution in [2.24, 2.45) is 0 Å². The molecule has 0 spiro atoms. The van der Waals surface area contributed by atoms with Crippen LogP contribution >= 0.6 is 0 Å². The van der Waals surface area contributed by atoms with E-state index in [0.29, 0.717) is 19.0 Å². The van der Waals surface area contributed by atoms with Gasteiger partial charge in [0.25, 0.3) is 0 Å². The highest BCUT2D eigenvalue weighted by Gasteiger charge is 2.13. The standard InChI is InChI=1S/C16H21N3O3/c1-4-21-15-13(6-5-9-17-15)10-18-16(20)19-12(3)14-8-7-11(2)22-14/h5-9,12H,4,10H2,1-3H3,(H2,18,19,20). The van der Waals surface area contributed by atoms with E-state index in [1.54, 1.807) is 6.20 Å². The number of pyridine rings is 1. The molecule has 2 aromatic heterocycles. The molecule has 118 valence electrons. The molecule has 2 heterocycles. The smallest absolute Gasteiger partial charge is 0.315 e. The first kappa shape index (κ1) is 15.9. The third-order valence-electron chi connectivity index (χ3n) is 3.11. The predicted molar refractivity (Wildman–Crippen MR) is 82.6 cm³/mol. The van der Waals surface area contributed by atoms with Crippen LogP contribution in [0.5, 0.6) is 5.88 Å². The molecule has 2 N–H and O–H groups in total. The average Bonchev–Trinajstić information content (AvgIpc) is 2.93. The zero-order valence-electron chi connectivity index (χ0n) is 13.1. The van der Waals surface area contributed by atoms with E-state index in [2.05, 4.69) is 15.6 Å². The fourth-order valence-electron chi connectivity index (χ4n) is 2.01. The first-order valence-corrected chi connectivity index (χ1v) is 7.27. The Kier molecular flexibility index (Phi) is 5.41. The molecule has 0 aromatic carbocycles. The number of aryl methyl sites for hydroxylation is 1.